The van der Waals surface area contributed by atoms with Crippen molar-refractivity contribution in [3.8, 4) is 0 Å². The minimum absolute atomic E-state index is 0.0397. The summed E-state index contributed by atoms with van der Waals surface area (Å²) >= 11 is 0. The summed E-state index contributed by atoms with van der Waals surface area (Å²) in [6.07, 6.45) is 2.16. The minimum atomic E-state index is -0.592. The van der Waals surface area contributed by atoms with Crippen LogP contribution in [0.3, 0.4) is 0 Å². The summed E-state index contributed by atoms with van der Waals surface area (Å²) in [5.41, 5.74) is 5.13. The molecule has 0 aliphatic heterocycles. The van der Waals surface area contributed by atoms with E-state index in [-0.39, 0.29) is 17.6 Å². The molecule has 0 unspecified atom stereocenters. The Labute approximate surface area is 146 Å². The fraction of sp³-hybridized carbons (Fsp3) is 0.238. The lowest BCUT2D eigenvalue weighted by molar-refractivity contribution is 0.0524. The molecule has 1 heterocycles. The number of nitrogens with one attached hydrogen (secondary N) is 1. The number of fused-ring (bicyclic) bond motifs is 1. The van der Waals surface area contributed by atoms with Crippen molar-refractivity contribution >= 4 is 16.9 Å². The Bertz CT molecular complexity index is 981. The fourth-order valence-electron chi connectivity index (χ4n) is 3.14. The van der Waals surface area contributed by atoms with E-state index < -0.39 is 5.97 Å². The number of H-pyrrole nitrogens is 1. The largest absolute Gasteiger partial charge is 0.462 e. The number of ether oxygens (including phenoxy) is 1. The third-order valence-electron chi connectivity index (χ3n) is 4.13. The lowest BCUT2D eigenvalue weighted by Gasteiger charge is -2.08. The van der Waals surface area contributed by atoms with Crippen LogP contribution in [0, 0.1) is 13.8 Å². The zero-order valence-corrected chi connectivity index (χ0v) is 14.7. The summed E-state index contributed by atoms with van der Waals surface area (Å²) < 4.78 is 4.95. The van der Waals surface area contributed by atoms with Gasteiger partial charge in [0.15, 0.2) is 0 Å². The molecule has 25 heavy (non-hydrogen) atoms. The molecule has 0 amide bonds. The van der Waals surface area contributed by atoms with Crippen LogP contribution < -0.4 is 5.43 Å². The maximum atomic E-state index is 12.6. The number of carbonyl (C=O) groups is 1. The standard InChI is InChI=1S/C21H21NO3/c1-4-25-21(24)18-12-22-19-6-5-15(11-17(19)20(18)23)10-16-8-13(2)7-14(3)9-16/h5-9,11-12H,4,10H2,1-3H3,(H,22,23). The average Bonchev–Trinajstić information content (AvgIpc) is 2.55. The van der Waals surface area contributed by atoms with E-state index in [1.807, 2.05) is 18.2 Å². The maximum Gasteiger partial charge on any atom is 0.343 e. The van der Waals surface area contributed by atoms with Crippen LogP contribution in [0.4, 0.5) is 0 Å². The molecule has 0 saturated carbocycles. The van der Waals surface area contributed by atoms with E-state index in [9.17, 15) is 9.59 Å². The highest BCUT2D eigenvalue weighted by Gasteiger charge is 2.14. The summed E-state index contributed by atoms with van der Waals surface area (Å²) in [7, 11) is 0. The van der Waals surface area contributed by atoms with Crippen LogP contribution in [-0.2, 0) is 11.2 Å². The normalized spacial score (nSPS) is 10.8. The number of benzene rings is 2. The molecule has 3 aromatic rings. The van der Waals surface area contributed by atoms with Gasteiger partial charge in [-0.15, -0.1) is 0 Å². The Morgan fingerprint density at radius 2 is 1.76 bits per heavy atom. The number of aromatic amines is 1. The van der Waals surface area contributed by atoms with Crippen molar-refractivity contribution in [2.75, 3.05) is 6.61 Å². The van der Waals surface area contributed by atoms with Gasteiger partial charge in [-0.05, 0) is 50.5 Å². The molecule has 0 saturated heterocycles. The molecule has 1 N–H and O–H groups in total. The van der Waals surface area contributed by atoms with Crippen molar-refractivity contribution in [1.29, 1.82) is 0 Å². The van der Waals surface area contributed by atoms with Gasteiger partial charge in [-0.1, -0.05) is 35.4 Å². The van der Waals surface area contributed by atoms with Crippen molar-refractivity contribution in [3.63, 3.8) is 0 Å². The molecule has 0 aliphatic carbocycles. The molecular formula is C21H21NO3. The summed E-state index contributed by atoms with van der Waals surface area (Å²) in [6.45, 7) is 6.11. The number of hydrogen-bond acceptors (Lipinski definition) is 3. The topological polar surface area (TPSA) is 59.2 Å². The zero-order chi connectivity index (χ0) is 18.0. The first-order chi connectivity index (χ1) is 12.0. The predicted octanol–water partition coefficient (Wildman–Crippen LogP) is 3.91. The van der Waals surface area contributed by atoms with E-state index in [1.54, 1.807) is 6.92 Å². The number of pyridine rings is 1. The first kappa shape index (κ1) is 17.0. The van der Waals surface area contributed by atoms with Crippen LogP contribution >= 0.6 is 0 Å². The number of hydrogen-bond donors (Lipinski definition) is 1. The van der Waals surface area contributed by atoms with Crippen LogP contribution in [0.2, 0.25) is 0 Å². The Kier molecular flexibility index (Phi) is 4.70. The summed E-state index contributed by atoms with van der Waals surface area (Å²) in [6, 6.07) is 12.2. The van der Waals surface area contributed by atoms with Gasteiger partial charge >= 0.3 is 5.97 Å². The lowest BCUT2D eigenvalue weighted by Crippen LogP contribution is -2.18. The van der Waals surface area contributed by atoms with Crippen LogP contribution in [0.5, 0.6) is 0 Å². The molecule has 0 aliphatic rings. The summed E-state index contributed by atoms with van der Waals surface area (Å²) in [4.78, 5) is 27.6. The van der Waals surface area contributed by atoms with Gasteiger partial charge in [0.05, 0.1) is 6.61 Å². The van der Waals surface area contributed by atoms with E-state index in [0.717, 1.165) is 12.0 Å². The zero-order valence-electron chi connectivity index (χ0n) is 14.7. The number of aromatic nitrogens is 1. The van der Waals surface area contributed by atoms with Crippen molar-refractivity contribution in [1.82, 2.24) is 4.98 Å². The Morgan fingerprint density at radius 3 is 2.44 bits per heavy atom. The van der Waals surface area contributed by atoms with Gasteiger partial charge in [-0.25, -0.2) is 4.79 Å². The van der Waals surface area contributed by atoms with Crippen LogP contribution in [-0.4, -0.2) is 17.6 Å². The van der Waals surface area contributed by atoms with Crippen molar-refractivity contribution in [3.05, 3.63) is 80.6 Å². The smallest absolute Gasteiger partial charge is 0.343 e. The highest BCUT2D eigenvalue weighted by Crippen LogP contribution is 2.17. The number of esters is 1. The SMILES string of the molecule is CCOC(=O)c1c[nH]c2ccc(Cc3cc(C)cc(C)c3)cc2c1=O. The molecule has 3 rings (SSSR count). The first-order valence-corrected chi connectivity index (χ1v) is 8.36. The number of rotatable bonds is 4. The molecule has 0 atom stereocenters. The van der Waals surface area contributed by atoms with E-state index >= 15 is 0 Å². The highest BCUT2D eigenvalue weighted by molar-refractivity contribution is 5.93. The number of aryl methyl sites for hydroxylation is 2. The van der Waals surface area contributed by atoms with Crippen molar-refractivity contribution < 1.29 is 9.53 Å². The summed E-state index contributed by atoms with van der Waals surface area (Å²) in [5.74, 6) is -0.592. The van der Waals surface area contributed by atoms with Gasteiger partial charge < -0.3 is 9.72 Å². The Hall–Kier alpha value is -2.88. The van der Waals surface area contributed by atoms with Crippen LogP contribution in [0.1, 0.15) is 39.5 Å². The molecule has 0 fully saturated rings. The monoisotopic (exact) mass is 335 g/mol. The highest BCUT2D eigenvalue weighted by atomic mass is 16.5. The second-order valence-corrected chi connectivity index (χ2v) is 6.30. The molecule has 4 heteroatoms. The second-order valence-electron chi connectivity index (χ2n) is 6.30. The fourth-order valence-corrected chi connectivity index (χ4v) is 3.14. The third kappa shape index (κ3) is 3.63. The van der Waals surface area contributed by atoms with E-state index in [0.29, 0.717) is 10.9 Å². The first-order valence-electron chi connectivity index (χ1n) is 8.36. The quantitative estimate of drug-likeness (QED) is 0.735. The Balaban J connectivity index is 2.02. The van der Waals surface area contributed by atoms with Gasteiger partial charge in [-0.2, -0.15) is 0 Å². The average molecular weight is 335 g/mol. The van der Waals surface area contributed by atoms with Crippen molar-refractivity contribution in [2.24, 2.45) is 0 Å². The van der Waals surface area contributed by atoms with Crippen molar-refractivity contribution in [2.45, 2.75) is 27.2 Å². The molecule has 0 bridgehead atoms. The minimum Gasteiger partial charge on any atom is -0.462 e. The van der Waals surface area contributed by atoms with E-state index in [1.165, 1.54) is 22.9 Å². The van der Waals surface area contributed by atoms with Gasteiger partial charge in [0, 0.05) is 17.1 Å². The molecule has 128 valence electrons. The third-order valence-corrected chi connectivity index (χ3v) is 4.13. The molecule has 1 aromatic heterocycles. The van der Waals surface area contributed by atoms with E-state index in [4.69, 9.17) is 4.74 Å². The molecule has 0 radical (unpaired) electrons. The maximum absolute atomic E-state index is 12.6. The van der Waals surface area contributed by atoms with Crippen LogP contribution in [0.15, 0.2) is 47.4 Å². The second kappa shape index (κ2) is 6.93. The van der Waals surface area contributed by atoms with Gasteiger partial charge in [-0.3, -0.25) is 4.79 Å². The van der Waals surface area contributed by atoms with Crippen LogP contribution in [0.25, 0.3) is 10.9 Å². The molecule has 2 aromatic carbocycles. The molecule has 4 nitrogen and oxygen atoms in total. The van der Waals surface area contributed by atoms with E-state index in [2.05, 4.69) is 37.0 Å². The van der Waals surface area contributed by atoms with Gasteiger partial charge in [0.1, 0.15) is 5.56 Å². The summed E-state index contributed by atoms with van der Waals surface area (Å²) in [5, 5.41) is 0.507. The van der Waals surface area contributed by atoms with Gasteiger partial charge in [0.2, 0.25) is 5.43 Å². The van der Waals surface area contributed by atoms with Gasteiger partial charge in [0.25, 0.3) is 0 Å². The lowest BCUT2D eigenvalue weighted by atomic mass is 9.99. The Morgan fingerprint density at radius 1 is 1.04 bits per heavy atom. The predicted molar refractivity (Wildman–Crippen MR) is 99.2 cm³/mol. The number of carbonyl (C=O) groups excluding carboxylic acids is 1. The molecular weight excluding hydrogens is 314 g/mol. The molecule has 0 spiro atoms.